The quantitative estimate of drug-likeness (QED) is 0.648. The molecule has 8 nitrogen and oxygen atoms in total. The minimum absolute atomic E-state index is 0.0525. The van der Waals surface area contributed by atoms with Gasteiger partial charge in [-0.25, -0.2) is 21.6 Å². The zero-order valence-electron chi connectivity index (χ0n) is 11.8. The fraction of sp³-hybridized carbons (Fsp3) is 0.727. The molecule has 1 atom stereocenters. The molecular formula is C11H20N4O4S2. The van der Waals surface area contributed by atoms with Crippen LogP contribution in [-0.4, -0.2) is 58.3 Å². The Labute approximate surface area is 124 Å². The first kappa shape index (κ1) is 16.4. The summed E-state index contributed by atoms with van der Waals surface area (Å²) in [6, 6.07) is 0. The van der Waals surface area contributed by atoms with Crippen molar-refractivity contribution < 1.29 is 16.8 Å². The van der Waals surface area contributed by atoms with Gasteiger partial charge in [0, 0.05) is 19.3 Å². The van der Waals surface area contributed by atoms with Gasteiger partial charge in [0.1, 0.15) is 4.90 Å². The number of aromatic nitrogens is 2. The lowest BCUT2D eigenvalue weighted by Gasteiger charge is -2.09. The number of rotatable bonds is 7. The molecule has 1 aromatic heterocycles. The number of nitrogens with one attached hydrogen (secondary N) is 2. The summed E-state index contributed by atoms with van der Waals surface area (Å²) in [7, 11) is -4.83. The lowest BCUT2D eigenvalue weighted by molar-refractivity contribution is 0.542. The maximum atomic E-state index is 12.1. The molecule has 0 spiro atoms. The van der Waals surface area contributed by atoms with Crippen molar-refractivity contribution >= 4 is 19.9 Å². The number of nitrogens with zero attached hydrogens (tertiary/aromatic N) is 2. The van der Waals surface area contributed by atoms with E-state index < -0.39 is 19.9 Å². The Morgan fingerprint density at radius 1 is 1.48 bits per heavy atom. The highest BCUT2D eigenvalue weighted by molar-refractivity contribution is 7.91. The molecule has 0 amide bonds. The molecule has 2 N–H and O–H groups in total. The van der Waals surface area contributed by atoms with Gasteiger partial charge >= 0.3 is 0 Å². The third kappa shape index (κ3) is 4.50. The Morgan fingerprint density at radius 2 is 2.24 bits per heavy atom. The van der Waals surface area contributed by atoms with Gasteiger partial charge in [-0.2, -0.15) is 5.10 Å². The summed E-state index contributed by atoms with van der Waals surface area (Å²) in [4.78, 5) is 0.0967. The third-order valence-electron chi connectivity index (χ3n) is 3.40. The fourth-order valence-electron chi connectivity index (χ4n) is 2.18. The van der Waals surface area contributed by atoms with E-state index in [0.717, 1.165) is 0 Å². The molecule has 0 radical (unpaired) electrons. The Balaban J connectivity index is 1.94. The van der Waals surface area contributed by atoms with Crippen molar-refractivity contribution in [1.29, 1.82) is 0 Å². The molecule has 1 saturated heterocycles. The zero-order chi connectivity index (χ0) is 15.5. The highest BCUT2D eigenvalue weighted by atomic mass is 32.2. The van der Waals surface area contributed by atoms with E-state index in [1.807, 2.05) is 0 Å². The molecule has 1 unspecified atom stereocenters. The first-order valence-corrected chi connectivity index (χ1v) is 10.00. The standard InChI is InChI=1S/C11H20N4O4S2/c1-12-3-4-15-8-11(7-13-15)21(18,19)14-6-10-2-5-20(16,17)9-10/h7-8,10,12,14H,2-6,9H2,1H3. The van der Waals surface area contributed by atoms with Gasteiger partial charge in [-0.1, -0.05) is 0 Å². The van der Waals surface area contributed by atoms with Crippen LogP contribution in [0, 0.1) is 5.92 Å². The highest BCUT2D eigenvalue weighted by Crippen LogP contribution is 2.18. The van der Waals surface area contributed by atoms with Gasteiger partial charge in [0.15, 0.2) is 9.84 Å². The van der Waals surface area contributed by atoms with Gasteiger partial charge in [0.05, 0.1) is 24.2 Å². The van der Waals surface area contributed by atoms with Gasteiger partial charge in [-0.05, 0) is 19.4 Å². The van der Waals surface area contributed by atoms with Crippen molar-refractivity contribution in [2.45, 2.75) is 17.9 Å². The van der Waals surface area contributed by atoms with Crippen molar-refractivity contribution in [3.8, 4) is 0 Å². The maximum Gasteiger partial charge on any atom is 0.243 e. The Bertz CT molecular complexity index is 681. The SMILES string of the molecule is CNCCn1cc(S(=O)(=O)NCC2CCS(=O)(=O)C2)cn1. The number of likely N-dealkylation sites (N-methyl/N-ethyl adjacent to an activating group) is 1. The first-order chi connectivity index (χ1) is 9.82. The lowest BCUT2D eigenvalue weighted by Crippen LogP contribution is -2.29. The molecule has 1 aromatic rings. The van der Waals surface area contributed by atoms with Crippen molar-refractivity contribution in [2.75, 3.05) is 31.6 Å². The average Bonchev–Trinajstić information content (AvgIpc) is 3.01. The van der Waals surface area contributed by atoms with Crippen LogP contribution in [-0.2, 0) is 26.4 Å². The normalized spacial score (nSPS) is 21.7. The van der Waals surface area contributed by atoms with Gasteiger partial charge in [-0.15, -0.1) is 0 Å². The monoisotopic (exact) mass is 336 g/mol. The second-order valence-electron chi connectivity index (χ2n) is 5.16. The molecule has 21 heavy (non-hydrogen) atoms. The largest absolute Gasteiger partial charge is 0.318 e. The van der Waals surface area contributed by atoms with E-state index in [4.69, 9.17) is 0 Å². The summed E-state index contributed by atoms with van der Waals surface area (Å²) in [5.74, 6) is 0.0438. The summed E-state index contributed by atoms with van der Waals surface area (Å²) >= 11 is 0. The molecule has 2 heterocycles. The third-order valence-corrected chi connectivity index (χ3v) is 6.61. The second-order valence-corrected chi connectivity index (χ2v) is 9.16. The second kappa shape index (κ2) is 6.42. The number of sulfonamides is 1. The molecule has 1 aliphatic rings. The van der Waals surface area contributed by atoms with E-state index in [0.29, 0.717) is 19.5 Å². The Kier molecular flexibility index (Phi) is 5.02. The minimum atomic E-state index is -3.64. The Morgan fingerprint density at radius 3 is 2.86 bits per heavy atom. The van der Waals surface area contributed by atoms with Crippen molar-refractivity contribution in [1.82, 2.24) is 19.8 Å². The summed E-state index contributed by atoms with van der Waals surface area (Å²) in [6.07, 6.45) is 3.26. The maximum absolute atomic E-state index is 12.1. The number of hydrogen-bond donors (Lipinski definition) is 2. The van der Waals surface area contributed by atoms with E-state index in [-0.39, 0.29) is 28.9 Å². The van der Waals surface area contributed by atoms with Gasteiger partial charge in [-0.3, -0.25) is 4.68 Å². The predicted octanol–water partition coefficient (Wildman–Crippen LogP) is -1.18. The van der Waals surface area contributed by atoms with Crippen LogP contribution in [0.1, 0.15) is 6.42 Å². The summed E-state index contributed by atoms with van der Waals surface area (Å²) in [5, 5.41) is 6.94. The molecular weight excluding hydrogens is 316 g/mol. The Hall–Kier alpha value is -0.970. The van der Waals surface area contributed by atoms with Crippen molar-refractivity contribution in [3.05, 3.63) is 12.4 Å². The molecule has 0 bridgehead atoms. The van der Waals surface area contributed by atoms with Gasteiger partial charge < -0.3 is 5.32 Å². The van der Waals surface area contributed by atoms with Crippen LogP contribution in [0.15, 0.2) is 17.3 Å². The van der Waals surface area contributed by atoms with E-state index in [1.54, 1.807) is 11.7 Å². The van der Waals surface area contributed by atoms with Gasteiger partial charge in [0.2, 0.25) is 10.0 Å². The number of hydrogen-bond acceptors (Lipinski definition) is 6. The highest BCUT2D eigenvalue weighted by Gasteiger charge is 2.29. The van der Waals surface area contributed by atoms with Crippen LogP contribution < -0.4 is 10.0 Å². The van der Waals surface area contributed by atoms with Crippen molar-refractivity contribution in [2.24, 2.45) is 5.92 Å². The molecule has 2 rings (SSSR count). The molecule has 1 fully saturated rings. The predicted molar refractivity (Wildman–Crippen MR) is 78.1 cm³/mol. The molecule has 1 aliphatic heterocycles. The van der Waals surface area contributed by atoms with Crippen LogP contribution in [0.3, 0.4) is 0 Å². The van der Waals surface area contributed by atoms with Crippen LogP contribution >= 0.6 is 0 Å². The topological polar surface area (TPSA) is 110 Å². The van der Waals surface area contributed by atoms with E-state index >= 15 is 0 Å². The van der Waals surface area contributed by atoms with Crippen LogP contribution in [0.2, 0.25) is 0 Å². The minimum Gasteiger partial charge on any atom is -0.318 e. The van der Waals surface area contributed by atoms with Gasteiger partial charge in [0.25, 0.3) is 0 Å². The van der Waals surface area contributed by atoms with Crippen LogP contribution in [0.5, 0.6) is 0 Å². The van der Waals surface area contributed by atoms with Crippen molar-refractivity contribution in [3.63, 3.8) is 0 Å². The molecule has 0 saturated carbocycles. The average molecular weight is 336 g/mol. The van der Waals surface area contributed by atoms with E-state index in [9.17, 15) is 16.8 Å². The smallest absolute Gasteiger partial charge is 0.243 e. The summed E-state index contributed by atoms with van der Waals surface area (Å²) < 4.78 is 50.9. The summed E-state index contributed by atoms with van der Waals surface area (Å²) in [6.45, 7) is 1.41. The molecule has 0 aliphatic carbocycles. The molecule has 120 valence electrons. The van der Waals surface area contributed by atoms with Crippen LogP contribution in [0.4, 0.5) is 0 Å². The number of sulfone groups is 1. The van der Waals surface area contributed by atoms with Crippen LogP contribution in [0.25, 0.3) is 0 Å². The summed E-state index contributed by atoms with van der Waals surface area (Å²) in [5.41, 5.74) is 0. The fourth-order valence-corrected chi connectivity index (χ4v) is 5.11. The lowest BCUT2D eigenvalue weighted by atomic mass is 10.1. The molecule has 0 aromatic carbocycles. The van der Waals surface area contributed by atoms with E-state index in [1.165, 1.54) is 12.4 Å². The zero-order valence-corrected chi connectivity index (χ0v) is 13.5. The molecule has 10 heteroatoms. The van der Waals surface area contributed by atoms with E-state index in [2.05, 4.69) is 15.1 Å². The first-order valence-electron chi connectivity index (χ1n) is 6.69.